The molecule has 3 aliphatic rings. The summed E-state index contributed by atoms with van der Waals surface area (Å²) in [6.07, 6.45) is 14.8. The van der Waals surface area contributed by atoms with Crippen LogP contribution in [0.1, 0.15) is 88.2 Å². The van der Waals surface area contributed by atoms with Crippen LogP contribution in [0.25, 0.3) is 0 Å². The second kappa shape index (κ2) is 31.6. The van der Waals surface area contributed by atoms with Gasteiger partial charge in [-0.2, -0.15) is 0 Å². The number of aliphatic hydroxyl groups excluding tert-OH is 2. The largest absolute Gasteiger partial charge is 0.396 e. The molecule has 49 heavy (non-hydrogen) atoms. The second-order valence-corrected chi connectivity index (χ2v) is 17.2. The van der Waals surface area contributed by atoms with Gasteiger partial charge in [-0.1, -0.05) is 115 Å². The van der Waals surface area contributed by atoms with Gasteiger partial charge < -0.3 is 15.5 Å². The number of likely N-dealkylation sites (tertiary alicyclic amines) is 2. The summed E-state index contributed by atoms with van der Waals surface area (Å²) in [5.41, 5.74) is 2.80. The number of halogens is 6. The molecule has 282 valence electrons. The molecule has 3 saturated heterocycles. The highest BCUT2D eigenvalue weighted by molar-refractivity contribution is 8.26. The lowest BCUT2D eigenvalue weighted by Gasteiger charge is -2.35. The molecule has 6 nitrogen and oxygen atoms in total. The molecule has 0 aliphatic carbocycles. The Kier molecular flexibility index (Phi) is 30.4. The average Bonchev–Trinajstić information content (AvgIpc) is 3.09. The van der Waals surface area contributed by atoms with Crippen molar-refractivity contribution in [2.75, 3.05) is 38.7 Å². The lowest BCUT2D eigenvalue weighted by atomic mass is 9.99. The van der Waals surface area contributed by atoms with E-state index >= 15 is 0 Å². The van der Waals surface area contributed by atoms with Crippen LogP contribution in [0.5, 0.6) is 0 Å². The Morgan fingerprint density at radius 3 is 1.51 bits per heavy atom. The topological polar surface area (TPSA) is 76.0 Å². The van der Waals surface area contributed by atoms with Crippen LogP contribution in [-0.4, -0.2) is 85.4 Å². The number of nitrogens with zero attached hydrogens (tertiary/aromatic N) is 2. The fourth-order valence-corrected chi connectivity index (χ4v) is 6.68. The molecule has 2 aromatic carbocycles. The third kappa shape index (κ3) is 25.7. The van der Waals surface area contributed by atoms with Crippen molar-refractivity contribution in [1.29, 1.82) is 0 Å². The van der Waals surface area contributed by atoms with Gasteiger partial charge in [-0.3, -0.25) is 9.80 Å². The third-order valence-corrected chi connectivity index (χ3v) is 8.97. The van der Waals surface area contributed by atoms with Gasteiger partial charge in [0.25, 0.3) is 0 Å². The summed E-state index contributed by atoms with van der Waals surface area (Å²) in [4.78, 5) is 5.12. The zero-order valence-electron chi connectivity index (χ0n) is 28.6. The van der Waals surface area contributed by atoms with Crippen LogP contribution in [0.4, 0.5) is 0 Å². The van der Waals surface area contributed by atoms with Crippen molar-refractivity contribution in [2.45, 2.75) is 113 Å². The minimum atomic E-state index is -1.67. The van der Waals surface area contributed by atoms with Crippen LogP contribution < -0.4 is 5.32 Å². The summed E-state index contributed by atoms with van der Waals surface area (Å²) in [6.45, 7) is 6.32. The molecule has 3 unspecified atom stereocenters. The molecule has 0 amide bonds. The summed E-state index contributed by atoms with van der Waals surface area (Å²) in [5, 5.41) is 21.0. The minimum absolute atomic E-state index is 0.315. The highest BCUT2D eigenvalue weighted by Gasteiger charge is 2.22. The van der Waals surface area contributed by atoms with E-state index in [4.69, 9.17) is 60.8 Å². The van der Waals surface area contributed by atoms with Crippen molar-refractivity contribution in [1.82, 2.24) is 15.1 Å². The molecule has 3 atom stereocenters. The van der Waals surface area contributed by atoms with E-state index in [-0.39, 0.29) is 0 Å². The highest BCUT2D eigenvalue weighted by atomic mass is 36.0. The number of alkyl halides is 4. The summed E-state index contributed by atoms with van der Waals surface area (Å²) in [5.74, 6) is 0.788. The van der Waals surface area contributed by atoms with E-state index in [0.29, 0.717) is 31.3 Å². The number of nitrogens with one attached hydrogen (secondary N) is 1. The molecule has 13 heteroatoms. The first kappa shape index (κ1) is 47.2. The summed E-state index contributed by atoms with van der Waals surface area (Å²) < 4.78 is 8.34. The Labute approximate surface area is 327 Å². The van der Waals surface area contributed by atoms with E-state index < -0.39 is 13.5 Å². The molecule has 3 N–H and O–H groups in total. The zero-order valence-corrected chi connectivity index (χ0v) is 34.0. The molecule has 2 aromatic rings. The van der Waals surface area contributed by atoms with Crippen molar-refractivity contribution in [3.8, 4) is 0 Å². The van der Waals surface area contributed by atoms with Crippen molar-refractivity contribution in [2.24, 2.45) is 0 Å². The SMILES string of the molecule is ClC(Cl)Cl.ClCCC1CCCCN1Cc1ccccc1.O=S(Cl)Cl.OCCC1CCCCN1.OCCC1CCCCN1Cc1ccccc1. The Morgan fingerprint density at radius 1 is 0.694 bits per heavy atom. The molecule has 0 aromatic heterocycles. The molecule has 0 bridgehead atoms. The monoisotopic (exact) mass is 821 g/mol. The number of piperidine rings is 3. The third-order valence-electron chi connectivity index (χ3n) is 8.75. The fourth-order valence-electron chi connectivity index (χ4n) is 6.43. The maximum Gasteiger partial charge on any atom is 0.211 e. The maximum atomic E-state index is 9.09. The quantitative estimate of drug-likeness (QED) is 0.164. The molecular formula is C36H57Cl6N3O3S. The first-order chi connectivity index (χ1) is 23.7. The summed E-state index contributed by atoms with van der Waals surface area (Å²) in [6, 6.07) is 23.3. The fraction of sp³-hybridized carbons (Fsp3) is 0.667. The second-order valence-electron chi connectivity index (χ2n) is 12.3. The Balaban J connectivity index is 0.000000340. The molecule has 0 spiro atoms. The number of aliphatic hydroxyl groups is 2. The molecule has 3 heterocycles. The predicted octanol–water partition coefficient (Wildman–Crippen LogP) is 9.63. The number of hydrogen-bond acceptors (Lipinski definition) is 6. The molecule has 3 fully saturated rings. The van der Waals surface area contributed by atoms with Crippen molar-refractivity contribution in [3.05, 3.63) is 71.8 Å². The van der Waals surface area contributed by atoms with Crippen molar-refractivity contribution in [3.63, 3.8) is 0 Å². The maximum absolute atomic E-state index is 9.09. The average molecular weight is 825 g/mol. The Hall–Kier alpha value is 0.130. The lowest BCUT2D eigenvalue weighted by Crippen LogP contribution is -2.39. The van der Waals surface area contributed by atoms with Gasteiger partial charge in [0, 0.05) is 71.7 Å². The van der Waals surface area contributed by atoms with Gasteiger partial charge in [0.15, 0.2) is 4.30 Å². The van der Waals surface area contributed by atoms with Gasteiger partial charge >= 0.3 is 0 Å². The van der Waals surface area contributed by atoms with E-state index in [0.717, 1.165) is 44.8 Å². The van der Waals surface area contributed by atoms with Crippen LogP contribution in [-0.2, 0) is 22.3 Å². The van der Waals surface area contributed by atoms with E-state index in [2.05, 4.69) is 97.1 Å². The van der Waals surface area contributed by atoms with E-state index in [1.54, 1.807) is 0 Å². The van der Waals surface area contributed by atoms with Gasteiger partial charge in [-0.25, -0.2) is 4.21 Å². The van der Waals surface area contributed by atoms with Crippen molar-refractivity contribution < 1.29 is 14.4 Å². The minimum Gasteiger partial charge on any atom is -0.396 e. The smallest absolute Gasteiger partial charge is 0.211 e. The summed E-state index contributed by atoms with van der Waals surface area (Å²) in [7, 11) is 7.36. The summed E-state index contributed by atoms with van der Waals surface area (Å²) >= 11 is 20.3. The molecule has 0 saturated carbocycles. The normalized spacial score (nSPS) is 21.1. The van der Waals surface area contributed by atoms with Crippen molar-refractivity contribution >= 4 is 77.0 Å². The Bertz CT molecular complexity index is 968. The van der Waals surface area contributed by atoms with E-state index in [1.807, 2.05) is 0 Å². The van der Waals surface area contributed by atoms with E-state index in [9.17, 15) is 0 Å². The first-order valence-corrected chi connectivity index (χ1v) is 22.1. The highest BCUT2D eigenvalue weighted by Crippen LogP contribution is 2.23. The van der Waals surface area contributed by atoms with Gasteiger partial charge in [0.2, 0.25) is 9.23 Å². The molecule has 5 rings (SSSR count). The van der Waals surface area contributed by atoms with Crippen LogP contribution in [0.3, 0.4) is 0 Å². The van der Waals surface area contributed by atoms with Gasteiger partial charge in [-0.05, 0) is 88.5 Å². The van der Waals surface area contributed by atoms with Crippen LogP contribution in [0, 0.1) is 0 Å². The zero-order chi connectivity index (χ0) is 36.1. The van der Waals surface area contributed by atoms with Crippen LogP contribution in [0.2, 0.25) is 0 Å². The standard InChI is InChI=1S/C14H20ClN.C14H21NO.C7H15NO.CHCl3.Cl2OS/c15-10-9-14-8-4-5-11-16(14)12-13-6-2-1-3-7-13;16-11-9-14-8-4-5-10-15(14)12-13-6-2-1-3-7-13;9-6-4-7-3-1-2-5-8-7;2-1(3)4;1-4(2)3/h1-3,6-7,14H,4-5,8-12H2;1-3,6-7,14,16H,4-5,8-12H2;7-9H,1-6H2;1H;. The Morgan fingerprint density at radius 2 is 1.12 bits per heavy atom. The van der Waals surface area contributed by atoms with Crippen LogP contribution in [0.15, 0.2) is 60.7 Å². The lowest BCUT2D eigenvalue weighted by molar-refractivity contribution is 0.112. The molecular weight excluding hydrogens is 767 g/mol. The van der Waals surface area contributed by atoms with Gasteiger partial charge in [0.05, 0.1) is 0 Å². The van der Waals surface area contributed by atoms with E-state index in [1.165, 1.54) is 82.0 Å². The number of benzene rings is 2. The molecule has 0 radical (unpaired) electrons. The molecule has 3 aliphatic heterocycles. The van der Waals surface area contributed by atoms with Gasteiger partial charge in [-0.15, -0.1) is 11.6 Å². The number of hydrogen-bond donors (Lipinski definition) is 3. The van der Waals surface area contributed by atoms with Gasteiger partial charge in [0.1, 0.15) is 0 Å². The van der Waals surface area contributed by atoms with Crippen LogP contribution >= 0.6 is 67.8 Å². The number of rotatable bonds is 10. The first-order valence-electron chi connectivity index (χ1n) is 17.4. The predicted molar refractivity (Wildman–Crippen MR) is 215 cm³/mol.